The second-order valence-corrected chi connectivity index (χ2v) is 8.04. The Bertz CT molecular complexity index is 1260. The molecule has 4 aromatic rings. The van der Waals surface area contributed by atoms with Crippen LogP contribution in [0.4, 0.5) is 21.9 Å². The molecule has 1 aliphatic rings. The molecular weight excluding hydrogens is 413 g/mol. The van der Waals surface area contributed by atoms with E-state index in [0.29, 0.717) is 28.4 Å². The van der Waals surface area contributed by atoms with Crippen LogP contribution in [0, 0.1) is 19.7 Å². The molecule has 0 amide bonds. The van der Waals surface area contributed by atoms with E-state index < -0.39 is 5.82 Å². The molecule has 166 valence electrons. The molecule has 1 saturated heterocycles. The van der Waals surface area contributed by atoms with Gasteiger partial charge < -0.3 is 29.4 Å². The van der Waals surface area contributed by atoms with Gasteiger partial charge in [-0.3, -0.25) is 0 Å². The molecule has 1 fully saturated rings. The van der Waals surface area contributed by atoms with Crippen molar-refractivity contribution in [3.63, 3.8) is 0 Å². The van der Waals surface area contributed by atoms with E-state index in [9.17, 15) is 0 Å². The highest BCUT2D eigenvalue weighted by Gasteiger charge is 2.19. The summed E-state index contributed by atoms with van der Waals surface area (Å²) in [6.07, 6.45) is 0. The second kappa shape index (κ2) is 8.12. The van der Waals surface area contributed by atoms with Crippen LogP contribution < -0.4 is 15.0 Å². The van der Waals surface area contributed by atoms with Crippen molar-refractivity contribution in [2.24, 2.45) is 0 Å². The van der Waals surface area contributed by atoms with Crippen molar-refractivity contribution >= 4 is 28.4 Å². The molecule has 32 heavy (non-hydrogen) atoms. The molecule has 5 rings (SSSR count). The molecular formula is C22H24FN7O2. The Morgan fingerprint density at radius 3 is 2.66 bits per heavy atom. The van der Waals surface area contributed by atoms with Gasteiger partial charge >= 0.3 is 6.01 Å². The summed E-state index contributed by atoms with van der Waals surface area (Å²) < 4.78 is 26.1. The molecule has 0 unspecified atom stereocenters. The lowest BCUT2D eigenvalue weighted by molar-refractivity contribution is 0.311. The van der Waals surface area contributed by atoms with Crippen LogP contribution in [0.1, 0.15) is 11.4 Å². The predicted molar refractivity (Wildman–Crippen MR) is 119 cm³/mol. The fraction of sp³-hybridized carbons (Fsp3) is 0.318. The van der Waals surface area contributed by atoms with Crippen LogP contribution in [0.2, 0.25) is 0 Å². The minimum atomic E-state index is -0.458. The number of likely N-dealkylation sites (N-methyl/N-ethyl adjacent to an activating group) is 1. The van der Waals surface area contributed by atoms with Crippen LogP contribution in [-0.4, -0.2) is 58.2 Å². The highest BCUT2D eigenvalue weighted by atomic mass is 19.1. The fourth-order valence-corrected chi connectivity index (χ4v) is 3.73. The molecule has 0 atom stereocenters. The number of nitrogens with zero attached hydrogens (tertiary/aromatic N) is 5. The minimum absolute atomic E-state index is 0.0469. The summed E-state index contributed by atoms with van der Waals surface area (Å²) >= 11 is 0. The third-order valence-corrected chi connectivity index (χ3v) is 5.44. The topological polar surface area (TPSA) is 95.3 Å². The predicted octanol–water partition coefficient (Wildman–Crippen LogP) is 3.99. The third kappa shape index (κ3) is 4.09. The van der Waals surface area contributed by atoms with Gasteiger partial charge in [-0.1, -0.05) is 5.16 Å². The van der Waals surface area contributed by atoms with E-state index in [1.165, 1.54) is 0 Å². The number of benzene rings is 1. The van der Waals surface area contributed by atoms with E-state index in [2.05, 4.69) is 42.3 Å². The monoisotopic (exact) mass is 437 g/mol. The molecule has 0 radical (unpaired) electrons. The number of aromatic amines is 1. The summed E-state index contributed by atoms with van der Waals surface area (Å²) in [5.41, 5.74) is 2.33. The lowest BCUT2D eigenvalue weighted by atomic mass is 10.2. The van der Waals surface area contributed by atoms with E-state index in [0.717, 1.165) is 37.6 Å². The number of anilines is 3. The molecule has 1 aliphatic heterocycles. The maximum Gasteiger partial charge on any atom is 0.326 e. The van der Waals surface area contributed by atoms with Gasteiger partial charge in [-0.2, -0.15) is 9.97 Å². The zero-order chi connectivity index (χ0) is 22.2. The number of H-pyrrole nitrogens is 1. The first-order valence-corrected chi connectivity index (χ1v) is 10.4. The number of rotatable bonds is 5. The van der Waals surface area contributed by atoms with Crippen molar-refractivity contribution in [2.45, 2.75) is 13.8 Å². The Kier molecular flexibility index (Phi) is 5.14. The van der Waals surface area contributed by atoms with Gasteiger partial charge in [0.1, 0.15) is 11.6 Å². The molecule has 0 aliphatic carbocycles. The van der Waals surface area contributed by atoms with E-state index in [-0.39, 0.29) is 11.8 Å². The minimum Gasteiger partial charge on any atom is -0.421 e. The van der Waals surface area contributed by atoms with Gasteiger partial charge in [0.05, 0.1) is 5.69 Å². The summed E-state index contributed by atoms with van der Waals surface area (Å²) in [6, 6.07) is 8.74. The summed E-state index contributed by atoms with van der Waals surface area (Å²) in [5.74, 6) is 1.22. The number of ether oxygens (including phenoxy) is 1. The van der Waals surface area contributed by atoms with E-state index in [4.69, 9.17) is 9.26 Å². The second-order valence-electron chi connectivity index (χ2n) is 8.04. The average Bonchev–Trinajstić information content (AvgIpc) is 3.35. The molecule has 4 heterocycles. The number of hydrogen-bond acceptors (Lipinski definition) is 8. The van der Waals surface area contributed by atoms with Gasteiger partial charge in [0, 0.05) is 54.9 Å². The first-order valence-electron chi connectivity index (χ1n) is 10.4. The quantitative estimate of drug-likeness (QED) is 0.484. The largest absolute Gasteiger partial charge is 0.421 e. The first-order chi connectivity index (χ1) is 15.4. The van der Waals surface area contributed by atoms with Crippen LogP contribution in [-0.2, 0) is 0 Å². The third-order valence-electron chi connectivity index (χ3n) is 5.44. The standard InChI is InChI=1S/C22H24FN7O2/c1-13-10-15-16(24-13)4-5-17(21(15)23)31-22-26-18(25-20-11-14(2)28-32-20)12-19(27-22)30-8-6-29(3)7-9-30/h4-5,10-12,24H,6-9H2,1-3H3,(H,25,26,27). The van der Waals surface area contributed by atoms with Gasteiger partial charge in [-0.05, 0) is 39.1 Å². The van der Waals surface area contributed by atoms with Crippen LogP contribution >= 0.6 is 0 Å². The SMILES string of the molecule is Cc1cc(Nc2cc(N3CCN(C)CC3)nc(Oc3ccc4[nH]c(C)cc4c3F)n2)on1. The van der Waals surface area contributed by atoms with E-state index >= 15 is 4.39 Å². The van der Waals surface area contributed by atoms with Gasteiger partial charge in [0.15, 0.2) is 11.6 Å². The summed E-state index contributed by atoms with van der Waals surface area (Å²) in [7, 11) is 2.09. The molecule has 10 heteroatoms. The van der Waals surface area contributed by atoms with Crippen LogP contribution in [0.5, 0.6) is 11.8 Å². The first kappa shape index (κ1) is 20.3. The molecule has 0 bridgehead atoms. The van der Waals surface area contributed by atoms with Crippen LogP contribution in [0.15, 0.2) is 34.9 Å². The van der Waals surface area contributed by atoms with Crippen molar-refractivity contribution in [2.75, 3.05) is 43.4 Å². The normalized spacial score (nSPS) is 14.8. The highest BCUT2D eigenvalue weighted by molar-refractivity contribution is 5.82. The smallest absolute Gasteiger partial charge is 0.326 e. The van der Waals surface area contributed by atoms with Crippen molar-refractivity contribution in [3.05, 3.63) is 47.5 Å². The summed E-state index contributed by atoms with van der Waals surface area (Å²) in [6.45, 7) is 7.19. The zero-order valence-electron chi connectivity index (χ0n) is 18.1. The number of aromatic nitrogens is 4. The van der Waals surface area contributed by atoms with Gasteiger partial charge in [0.2, 0.25) is 5.88 Å². The highest BCUT2D eigenvalue weighted by Crippen LogP contribution is 2.31. The molecule has 0 spiro atoms. The van der Waals surface area contributed by atoms with Crippen molar-refractivity contribution in [1.82, 2.24) is 25.0 Å². The maximum atomic E-state index is 15.1. The maximum absolute atomic E-state index is 15.1. The molecule has 0 saturated carbocycles. The molecule has 3 aromatic heterocycles. The lowest BCUT2D eigenvalue weighted by Gasteiger charge is -2.33. The lowest BCUT2D eigenvalue weighted by Crippen LogP contribution is -2.44. The number of aryl methyl sites for hydroxylation is 2. The number of hydrogen-bond donors (Lipinski definition) is 2. The molecule has 9 nitrogen and oxygen atoms in total. The Hall–Kier alpha value is -3.66. The summed E-state index contributed by atoms with van der Waals surface area (Å²) in [5, 5.41) is 7.44. The number of fused-ring (bicyclic) bond motifs is 1. The van der Waals surface area contributed by atoms with E-state index in [1.54, 1.807) is 24.3 Å². The average molecular weight is 437 g/mol. The zero-order valence-corrected chi connectivity index (χ0v) is 18.1. The Balaban J connectivity index is 1.49. The van der Waals surface area contributed by atoms with Gasteiger partial charge in [0.25, 0.3) is 0 Å². The van der Waals surface area contributed by atoms with Crippen LogP contribution in [0.3, 0.4) is 0 Å². The number of piperazine rings is 1. The molecule has 1 aromatic carbocycles. The van der Waals surface area contributed by atoms with Gasteiger partial charge in [-0.15, -0.1) is 0 Å². The Labute approximate surface area is 184 Å². The molecule has 2 N–H and O–H groups in total. The summed E-state index contributed by atoms with van der Waals surface area (Å²) in [4.78, 5) is 16.5. The van der Waals surface area contributed by atoms with Crippen molar-refractivity contribution in [3.8, 4) is 11.8 Å². The van der Waals surface area contributed by atoms with E-state index in [1.807, 2.05) is 19.9 Å². The number of nitrogens with one attached hydrogen (secondary N) is 2. The van der Waals surface area contributed by atoms with Crippen LogP contribution in [0.25, 0.3) is 10.9 Å². The van der Waals surface area contributed by atoms with Crippen molar-refractivity contribution < 1.29 is 13.7 Å². The van der Waals surface area contributed by atoms with Gasteiger partial charge in [-0.25, -0.2) is 4.39 Å². The van der Waals surface area contributed by atoms with Crippen molar-refractivity contribution in [1.29, 1.82) is 0 Å². The number of halogens is 1. The Morgan fingerprint density at radius 2 is 1.91 bits per heavy atom. The fourth-order valence-electron chi connectivity index (χ4n) is 3.73. The Morgan fingerprint density at radius 1 is 1.09 bits per heavy atom.